The standard InChI is InChI=1S/C7H13NO/c8-7-3-1-2-6(7)9-5-4-7/h6H,1-5,8H2. The van der Waals surface area contributed by atoms with Crippen LogP contribution < -0.4 is 5.73 Å². The van der Waals surface area contributed by atoms with Crippen molar-refractivity contribution in [2.45, 2.75) is 37.3 Å². The third-order valence-corrected chi connectivity index (χ3v) is 2.64. The predicted molar refractivity (Wildman–Crippen MR) is 35.1 cm³/mol. The zero-order valence-electron chi connectivity index (χ0n) is 5.60. The average molecular weight is 127 g/mol. The molecule has 0 aromatic heterocycles. The van der Waals surface area contributed by atoms with Crippen molar-refractivity contribution < 1.29 is 4.74 Å². The van der Waals surface area contributed by atoms with Crippen LogP contribution in [0.15, 0.2) is 0 Å². The lowest BCUT2D eigenvalue weighted by Gasteiger charge is -2.20. The number of rotatable bonds is 0. The lowest BCUT2D eigenvalue weighted by Crippen LogP contribution is -2.42. The Labute approximate surface area is 55.4 Å². The van der Waals surface area contributed by atoms with Crippen molar-refractivity contribution in [1.29, 1.82) is 0 Å². The maximum atomic E-state index is 6.04. The summed E-state index contributed by atoms with van der Waals surface area (Å²) in [6.45, 7) is 0.890. The zero-order valence-corrected chi connectivity index (χ0v) is 5.60. The molecule has 52 valence electrons. The van der Waals surface area contributed by atoms with E-state index in [1.807, 2.05) is 0 Å². The first-order valence-electron chi connectivity index (χ1n) is 3.72. The Hall–Kier alpha value is -0.0800. The van der Waals surface area contributed by atoms with Crippen LogP contribution in [0.5, 0.6) is 0 Å². The SMILES string of the molecule is NC12CCCC1OCC2. The molecule has 2 nitrogen and oxygen atoms in total. The third kappa shape index (κ3) is 0.700. The van der Waals surface area contributed by atoms with Crippen molar-refractivity contribution in [3.63, 3.8) is 0 Å². The van der Waals surface area contributed by atoms with E-state index in [0.29, 0.717) is 6.10 Å². The van der Waals surface area contributed by atoms with Gasteiger partial charge in [0.05, 0.1) is 6.10 Å². The second-order valence-electron chi connectivity index (χ2n) is 3.23. The molecule has 2 fully saturated rings. The highest BCUT2D eigenvalue weighted by Gasteiger charge is 2.43. The Morgan fingerprint density at radius 1 is 1.44 bits per heavy atom. The number of fused-ring (bicyclic) bond motifs is 1. The van der Waals surface area contributed by atoms with Crippen molar-refractivity contribution in [1.82, 2.24) is 0 Å². The summed E-state index contributed by atoms with van der Waals surface area (Å²) < 4.78 is 5.45. The van der Waals surface area contributed by atoms with Crippen LogP contribution in [0.25, 0.3) is 0 Å². The minimum atomic E-state index is 0.0833. The number of hydrogen-bond donors (Lipinski definition) is 1. The Morgan fingerprint density at radius 3 is 3.11 bits per heavy atom. The average Bonchev–Trinajstić information content (AvgIpc) is 2.22. The summed E-state index contributed by atoms with van der Waals surface area (Å²) in [6.07, 6.45) is 5.12. The Bertz CT molecular complexity index is 114. The van der Waals surface area contributed by atoms with Gasteiger partial charge in [-0.05, 0) is 25.7 Å². The van der Waals surface area contributed by atoms with Gasteiger partial charge >= 0.3 is 0 Å². The summed E-state index contributed by atoms with van der Waals surface area (Å²) in [7, 11) is 0. The quantitative estimate of drug-likeness (QED) is 0.518. The molecule has 2 aliphatic rings. The molecular weight excluding hydrogens is 114 g/mol. The third-order valence-electron chi connectivity index (χ3n) is 2.64. The molecule has 1 aliphatic heterocycles. The van der Waals surface area contributed by atoms with E-state index in [1.54, 1.807) is 0 Å². The zero-order chi connectivity index (χ0) is 6.32. The molecule has 2 rings (SSSR count). The van der Waals surface area contributed by atoms with Gasteiger partial charge in [0.25, 0.3) is 0 Å². The van der Waals surface area contributed by atoms with Crippen molar-refractivity contribution >= 4 is 0 Å². The summed E-state index contributed by atoms with van der Waals surface area (Å²) in [4.78, 5) is 0. The van der Waals surface area contributed by atoms with Gasteiger partial charge in [-0.3, -0.25) is 0 Å². The fourth-order valence-electron chi connectivity index (χ4n) is 1.99. The maximum Gasteiger partial charge on any atom is 0.0755 e. The first-order chi connectivity index (χ1) is 4.31. The summed E-state index contributed by atoms with van der Waals surface area (Å²) in [5.74, 6) is 0. The minimum Gasteiger partial charge on any atom is -0.376 e. The Kier molecular flexibility index (Phi) is 1.08. The van der Waals surface area contributed by atoms with Gasteiger partial charge in [-0.1, -0.05) is 0 Å². The van der Waals surface area contributed by atoms with Crippen molar-refractivity contribution in [2.75, 3.05) is 6.61 Å². The van der Waals surface area contributed by atoms with Gasteiger partial charge in [-0.25, -0.2) is 0 Å². The maximum absolute atomic E-state index is 6.04. The fourth-order valence-corrected chi connectivity index (χ4v) is 1.99. The molecule has 1 aliphatic carbocycles. The van der Waals surface area contributed by atoms with E-state index in [4.69, 9.17) is 10.5 Å². The molecule has 0 amide bonds. The molecule has 2 atom stereocenters. The second-order valence-corrected chi connectivity index (χ2v) is 3.23. The molecular formula is C7H13NO. The van der Waals surface area contributed by atoms with Crippen LogP contribution in [0.2, 0.25) is 0 Å². The highest BCUT2D eigenvalue weighted by molar-refractivity contribution is 5.00. The van der Waals surface area contributed by atoms with Gasteiger partial charge in [0.15, 0.2) is 0 Å². The van der Waals surface area contributed by atoms with E-state index in [0.717, 1.165) is 13.0 Å². The van der Waals surface area contributed by atoms with Crippen molar-refractivity contribution in [3.05, 3.63) is 0 Å². The van der Waals surface area contributed by atoms with E-state index in [2.05, 4.69) is 0 Å². The topological polar surface area (TPSA) is 35.2 Å². The predicted octanol–water partition coefficient (Wildman–Crippen LogP) is 0.657. The van der Waals surface area contributed by atoms with Crippen LogP contribution in [-0.2, 0) is 4.74 Å². The highest BCUT2D eigenvalue weighted by Crippen LogP contribution is 2.37. The minimum absolute atomic E-state index is 0.0833. The molecule has 9 heavy (non-hydrogen) atoms. The molecule has 2 N–H and O–H groups in total. The second kappa shape index (κ2) is 1.70. The fraction of sp³-hybridized carbons (Fsp3) is 1.00. The number of hydrogen-bond acceptors (Lipinski definition) is 2. The van der Waals surface area contributed by atoms with Crippen LogP contribution in [0.4, 0.5) is 0 Å². The van der Waals surface area contributed by atoms with Crippen LogP contribution in [0.1, 0.15) is 25.7 Å². The molecule has 0 spiro atoms. The molecule has 1 saturated heterocycles. The molecule has 0 aromatic carbocycles. The van der Waals surface area contributed by atoms with Gasteiger partial charge < -0.3 is 10.5 Å². The molecule has 0 bridgehead atoms. The number of ether oxygens (including phenoxy) is 1. The summed E-state index contributed by atoms with van der Waals surface area (Å²) >= 11 is 0. The molecule has 1 heterocycles. The monoisotopic (exact) mass is 127 g/mol. The van der Waals surface area contributed by atoms with Crippen molar-refractivity contribution in [3.8, 4) is 0 Å². The lowest BCUT2D eigenvalue weighted by molar-refractivity contribution is 0.0951. The van der Waals surface area contributed by atoms with Gasteiger partial charge in [0.1, 0.15) is 0 Å². The van der Waals surface area contributed by atoms with Crippen LogP contribution in [0, 0.1) is 0 Å². The molecule has 2 heteroatoms. The smallest absolute Gasteiger partial charge is 0.0755 e. The van der Waals surface area contributed by atoms with E-state index >= 15 is 0 Å². The summed E-state index contributed by atoms with van der Waals surface area (Å²) in [5, 5.41) is 0. The van der Waals surface area contributed by atoms with Gasteiger partial charge in [0.2, 0.25) is 0 Å². The van der Waals surface area contributed by atoms with E-state index in [9.17, 15) is 0 Å². The summed E-state index contributed by atoms with van der Waals surface area (Å²) in [6, 6.07) is 0. The van der Waals surface area contributed by atoms with Gasteiger partial charge in [-0.15, -0.1) is 0 Å². The van der Waals surface area contributed by atoms with Crippen LogP contribution in [-0.4, -0.2) is 18.2 Å². The van der Waals surface area contributed by atoms with Gasteiger partial charge in [-0.2, -0.15) is 0 Å². The molecule has 1 saturated carbocycles. The molecule has 2 unspecified atom stereocenters. The Morgan fingerprint density at radius 2 is 2.33 bits per heavy atom. The summed E-state index contributed by atoms with van der Waals surface area (Å²) in [5.41, 5.74) is 6.12. The highest BCUT2D eigenvalue weighted by atomic mass is 16.5. The van der Waals surface area contributed by atoms with Gasteiger partial charge in [0, 0.05) is 12.1 Å². The van der Waals surface area contributed by atoms with Crippen molar-refractivity contribution in [2.24, 2.45) is 5.73 Å². The van der Waals surface area contributed by atoms with E-state index in [-0.39, 0.29) is 5.54 Å². The Balaban J connectivity index is 2.17. The van der Waals surface area contributed by atoms with Crippen LogP contribution in [0.3, 0.4) is 0 Å². The first-order valence-corrected chi connectivity index (χ1v) is 3.72. The van der Waals surface area contributed by atoms with Crippen LogP contribution >= 0.6 is 0 Å². The number of nitrogens with two attached hydrogens (primary N) is 1. The first kappa shape index (κ1) is 5.69. The molecule has 0 radical (unpaired) electrons. The molecule has 0 aromatic rings. The lowest BCUT2D eigenvalue weighted by atomic mass is 9.96. The largest absolute Gasteiger partial charge is 0.376 e. The van der Waals surface area contributed by atoms with E-state index in [1.165, 1.54) is 19.3 Å². The normalized spacial score (nSPS) is 49.7. The van der Waals surface area contributed by atoms with E-state index < -0.39 is 0 Å².